The number of rotatable bonds is 11. The van der Waals surface area contributed by atoms with Gasteiger partial charge in [0.2, 0.25) is 0 Å². The minimum atomic E-state index is -1.02. The zero-order valence-electron chi connectivity index (χ0n) is 17.8. The summed E-state index contributed by atoms with van der Waals surface area (Å²) < 4.78 is 2.03. The first-order chi connectivity index (χ1) is 14.6. The molecule has 30 heavy (non-hydrogen) atoms. The average Bonchev–Trinajstić information content (AvgIpc) is 3.14. The molecule has 1 N–H and O–H groups in total. The lowest BCUT2D eigenvalue weighted by atomic mass is 10.0. The van der Waals surface area contributed by atoms with Crippen molar-refractivity contribution in [1.82, 2.24) is 19.7 Å². The van der Waals surface area contributed by atoms with E-state index in [4.69, 9.17) is 10.1 Å². The van der Waals surface area contributed by atoms with E-state index in [1.807, 2.05) is 28.9 Å². The molecular formula is C24H30N4O2. The molecule has 2 heterocycles. The number of nitrogens with zero attached hydrogens (tertiary/aromatic N) is 4. The summed E-state index contributed by atoms with van der Waals surface area (Å²) in [5.74, 6) is 0.967. The molecule has 3 aromatic rings. The van der Waals surface area contributed by atoms with E-state index in [0.717, 1.165) is 54.9 Å². The van der Waals surface area contributed by atoms with Crippen LogP contribution in [0.3, 0.4) is 0 Å². The van der Waals surface area contributed by atoms with Gasteiger partial charge in [0.05, 0.1) is 6.54 Å². The van der Waals surface area contributed by atoms with Crippen LogP contribution in [-0.4, -0.2) is 30.8 Å². The molecule has 0 saturated heterocycles. The van der Waals surface area contributed by atoms with Crippen LogP contribution in [0.25, 0.3) is 11.1 Å². The summed E-state index contributed by atoms with van der Waals surface area (Å²) >= 11 is 0. The van der Waals surface area contributed by atoms with Crippen LogP contribution in [0.15, 0.2) is 42.6 Å². The molecule has 0 aliphatic carbocycles. The van der Waals surface area contributed by atoms with E-state index in [2.05, 4.69) is 18.8 Å². The Balaban J connectivity index is 1.78. The zero-order valence-corrected chi connectivity index (χ0v) is 17.8. The number of carboxylic acid groups (broad SMARTS) is 1. The number of unbranched alkanes of at least 4 members (excludes halogenated alkanes) is 3. The third-order valence-corrected chi connectivity index (χ3v) is 5.16. The van der Waals surface area contributed by atoms with E-state index in [1.165, 1.54) is 19.0 Å². The molecule has 0 amide bonds. The Kier molecular flexibility index (Phi) is 7.71. The second kappa shape index (κ2) is 10.7. The highest BCUT2D eigenvalue weighted by molar-refractivity contribution is 5.93. The van der Waals surface area contributed by atoms with Crippen molar-refractivity contribution >= 4 is 5.97 Å². The molecule has 0 aliphatic rings. The van der Waals surface area contributed by atoms with Crippen molar-refractivity contribution in [2.75, 3.05) is 0 Å². The fraction of sp³-hybridized carbons (Fsp3) is 0.417. The molecule has 0 atom stereocenters. The van der Waals surface area contributed by atoms with Gasteiger partial charge in [-0.05, 0) is 30.0 Å². The van der Waals surface area contributed by atoms with Crippen LogP contribution in [0, 0.1) is 0 Å². The van der Waals surface area contributed by atoms with Crippen molar-refractivity contribution < 1.29 is 9.90 Å². The molecule has 3 rings (SSSR count). The molecule has 0 aliphatic heterocycles. The van der Waals surface area contributed by atoms with Gasteiger partial charge < -0.3 is 5.11 Å². The number of pyridine rings is 1. The van der Waals surface area contributed by atoms with Gasteiger partial charge in [0.15, 0.2) is 11.5 Å². The highest BCUT2D eigenvalue weighted by Crippen LogP contribution is 2.23. The largest absolute Gasteiger partial charge is 0.476 e. The van der Waals surface area contributed by atoms with Crippen molar-refractivity contribution in [2.24, 2.45) is 0 Å². The van der Waals surface area contributed by atoms with Crippen molar-refractivity contribution in [3.8, 4) is 11.1 Å². The van der Waals surface area contributed by atoms with Crippen molar-refractivity contribution in [3.63, 3.8) is 0 Å². The minimum absolute atomic E-state index is 0.0695. The molecule has 0 radical (unpaired) electrons. The Morgan fingerprint density at radius 2 is 1.77 bits per heavy atom. The Morgan fingerprint density at radius 3 is 2.47 bits per heavy atom. The van der Waals surface area contributed by atoms with Crippen molar-refractivity contribution in [2.45, 2.75) is 65.3 Å². The maximum Gasteiger partial charge on any atom is 0.355 e. The maximum atomic E-state index is 11.4. The number of aryl methyl sites for hydroxylation is 2. The molecule has 0 spiro atoms. The predicted molar refractivity (Wildman–Crippen MR) is 118 cm³/mol. The van der Waals surface area contributed by atoms with Crippen LogP contribution in [0.2, 0.25) is 0 Å². The Morgan fingerprint density at radius 1 is 1.00 bits per heavy atom. The SMILES string of the molecule is CCCCCc1nc(CCCC)n(Cc2ccc(-c3cccnc3C(=O)O)cc2)n1. The zero-order chi connectivity index (χ0) is 21.3. The molecule has 0 bridgehead atoms. The summed E-state index contributed by atoms with van der Waals surface area (Å²) in [6.45, 7) is 5.05. The summed E-state index contributed by atoms with van der Waals surface area (Å²) in [7, 11) is 0. The number of aromatic nitrogens is 4. The van der Waals surface area contributed by atoms with E-state index in [1.54, 1.807) is 12.1 Å². The summed E-state index contributed by atoms with van der Waals surface area (Å²) in [6, 6.07) is 11.5. The molecular weight excluding hydrogens is 376 g/mol. The van der Waals surface area contributed by atoms with E-state index in [0.29, 0.717) is 12.1 Å². The molecule has 6 nitrogen and oxygen atoms in total. The first kappa shape index (κ1) is 21.7. The maximum absolute atomic E-state index is 11.4. The number of benzene rings is 1. The Bertz CT molecular complexity index is 964. The van der Waals surface area contributed by atoms with Gasteiger partial charge in [0.25, 0.3) is 0 Å². The summed E-state index contributed by atoms with van der Waals surface area (Å²) in [5.41, 5.74) is 2.65. The monoisotopic (exact) mass is 406 g/mol. The first-order valence-electron chi connectivity index (χ1n) is 10.8. The highest BCUT2D eigenvalue weighted by atomic mass is 16.4. The van der Waals surface area contributed by atoms with Crippen LogP contribution in [0.5, 0.6) is 0 Å². The van der Waals surface area contributed by atoms with Gasteiger partial charge in [-0.25, -0.2) is 19.4 Å². The van der Waals surface area contributed by atoms with E-state index in [9.17, 15) is 9.90 Å². The molecule has 1 aromatic carbocycles. The van der Waals surface area contributed by atoms with Gasteiger partial charge in [0, 0.05) is 24.6 Å². The van der Waals surface area contributed by atoms with Gasteiger partial charge in [-0.3, -0.25) is 0 Å². The molecule has 158 valence electrons. The fourth-order valence-electron chi connectivity index (χ4n) is 3.48. The first-order valence-corrected chi connectivity index (χ1v) is 10.8. The normalized spacial score (nSPS) is 11.0. The smallest absolute Gasteiger partial charge is 0.355 e. The van der Waals surface area contributed by atoms with Crippen LogP contribution >= 0.6 is 0 Å². The summed E-state index contributed by atoms with van der Waals surface area (Å²) in [6.07, 6.45) is 9.12. The predicted octanol–water partition coefficient (Wildman–Crippen LogP) is 5.16. The van der Waals surface area contributed by atoms with Crippen LogP contribution in [-0.2, 0) is 19.4 Å². The van der Waals surface area contributed by atoms with Crippen LogP contribution in [0.1, 0.15) is 73.7 Å². The van der Waals surface area contributed by atoms with Crippen LogP contribution < -0.4 is 0 Å². The molecule has 0 fully saturated rings. The summed E-state index contributed by atoms with van der Waals surface area (Å²) in [4.78, 5) is 20.2. The topological polar surface area (TPSA) is 80.9 Å². The molecule has 0 saturated carbocycles. The Hall–Kier alpha value is -3.02. The number of hydrogen-bond acceptors (Lipinski definition) is 4. The number of aromatic carboxylic acids is 1. The third-order valence-electron chi connectivity index (χ3n) is 5.16. The highest BCUT2D eigenvalue weighted by Gasteiger charge is 2.13. The van der Waals surface area contributed by atoms with Gasteiger partial charge in [-0.15, -0.1) is 0 Å². The van der Waals surface area contributed by atoms with Gasteiger partial charge in [-0.2, -0.15) is 5.10 Å². The average molecular weight is 407 g/mol. The van der Waals surface area contributed by atoms with Crippen molar-refractivity contribution in [1.29, 1.82) is 0 Å². The third kappa shape index (κ3) is 5.53. The quantitative estimate of drug-likeness (QED) is 0.445. The van der Waals surface area contributed by atoms with Gasteiger partial charge >= 0.3 is 5.97 Å². The van der Waals surface area contributed by atoms with Crippen LogP contribution in [0.4, 0.5) is 0 Å². The fourth-order valence-corrected chi connectivity index (χ4v) is 3.48. The lowest BCUT2D eigenvalue weighted by molar-refractivity contribution is 0.0691. The number of hydrogen-bond donors (Lipinski definition) is 1. The van der Waals surface area contributed by atoms with Gasteiger partial charge in [0.1, 0.15) is 5.82 Å². The second-order valence-electron chi connectivity index (χ2n) is 7.56. The van der Waals surface area contributed by atoms with E-state index in [-0.39, 0.29) is 5.69 Å². The number of carbonyl (C=O) groups is 1. The molecule has 6 heteroatoms. The lowest BCUT2D eigenvalue weighted by Gasteiger charge is -2.08. The second-order valence-corrected chi connectivity index (χ2v) is 7.56. The standard InChI is InChI=1S/C24H30N4O2/c1-3-5-7-10-21-26-22(11-6-4-2)28(27-21)17-18-12-14-19(15-13-18)20-9-8-16-25-23(20)24(29)30/h8-9,12-16H,3-7,10-11,17H2,1-2H3,(H,29,30). The molecule has 2 aromatic heterocycles. The van der Waals surface area contributed by atoms with E-state index < -0.39 is 5.97 Å². The minimum Gasteiger partial charge on any atom is -0.476 e. The summed E-state index contributed by atoms with van der Waals surface area (Å²) in [5, 5.41) is 14.1. The van der Waals surface area contributed by atoms with E-state index >= 15 is 0 Å². The molecule has 0 unspecified atom stereocenters. The van der Waals surface area contributed by atoms with Gasteiger partial charge in [-0.1, -0.05) is 63.4 Å². The Labute approximate surface area is 178 Å². The number of carboxylic acids is 1. The van der Waals surface area contributed by atoms with Crippen molar-refractivity contribution in [3.05, 3.63) is 65.5 Å². The lowest BCUT2D eigenvalue weighted by Crippen LogP contribution is -2.07.